The standard InChI is InChI=1S/C21H30N2O3/c1-4-25-21(2,3)9-5-16-13-17(6-10-22-16)23-11-7-19(8-12-23)26-20-14-18(24)15-20/h6,10,13,18-20,24H,4,7-8,11-12,14-15H2,1-3H3. The third kappa shape index (κ3) is 5.20. The molecule has 1 aromatic rings. The van der Waals surface area contributed by atoms with E-state index in [-0.39, 0.29) is 12.2 Å². The van der Waals surface area contributed by atoms with E-state index < -0.39 is 5.60 Å². The molecule has 2 aliphatic rings. The van der Waals surface area contributed by atoms with Gasteiger partial charge in [-0.3, -0.25) is 0 Å². The minimum absolute atomic E-state index is 0.149. The van der Waals surface area contributed by atoms with Crippen LogP contribution in [0.5, 0.6) is 0 Å². The molecule has 0 atom stereocenters. The van der Waals surface area contributed by atoms with Crippen LogP contribution in [0.2, 0.25) is 0 Å². The zero-order valence-electron chi connectivity index (χ0n) is 16.1. The Balaban J connectivity index is 1.55. The van der Waals surface area contributed by atoms with Crippen molar-refractivity contribution in [2.75, 3.05) is 24.6 Å². The van der Waals surface area contributed by atoms with Gasteiger partial charge >= 0.3 is 0 Å². The highest BCUT2D eigenvalue weighted by Gasteiger charge is 2.31. The Morgan fingerprint density at radius 3 is 2.65 bits per heavy atom. The topological polar surface area (TPSA) is 54.8 Å². The number of rotatable bonds is 5. The molecular weight excluding hydrogens is 328 g/mol. The average Bonchev–Trinajstić information content (AvgIpc) is 2.60. The summed E-state index contributed by atoms with van der Waals surface area (Å²) in [5.41, 5.74) is 1.48. The lowest BCUT2D eigenvalue weighted by atomic mass is 9.91. The highest BCUT2D eigenvalue weighted by atomic mass is 16.5. The summed E-state index contributed by atoms with van der Waals surface area (Å²) in [5.74, 6) is 6.30. The fraction of sp³-hybridized carbons (Fsp3) is 0.667. The number of hydrogen-bond acceptors (Lipinski definition) is 5. The summed E-state index contributed by atoms with van der Waals surface area (Å²) in [7, 11) is 0. The number of ether oxygens (including phenoxy) is 2. The van der Waals surface area contributed by atoms with Gasteiger partial charge in [0, 0.05) is 31.6 Å². The molecular formula is C21H30N2O3. The molecule has 0 aromatic carbocycles. The van der Waals surface area contributed by atoms with Crippen molar-refractivity contribution in [3.05, 3.63) is 24.0 Å². The van der Waals surface area contributed by atoms with Crippen LogP contribution in [0.1, 0.15) is 52.1 Å². The Labute approximate surface area is 156 Å². The maximum atomic E-state index is 9.38. The van der Waals surface area contributed by atoms with E-state index in [9.17, 15) is 5.11 Å². The van der Waals surface area contributed by atoms with Crippen molar-refractivity contribution in [2.45, 2.75) is 70.4 Å². The Morgan fingerprint density at radius 2 is 2.00 bits per heavy atom. The highest BCUT2D eigenvalue weighted by Crippen LogP contribution is 2.28. The van der Waals surface area contributed by atoms with Crippen LogP contribution in [0.25, 0.3) is 0 Å². The summed E-state index contributed by atoms with van der Waals surface area (Å²) in [4.78, 5) is 6.74. The Bertz CT molecular complexity index is 651. The Kier molecular flexibility index (Phi) is 6.18. The number of aliphatic hydroxyl groups excluding tert-OH is 1. The van der Waals surface area contributed by atoms with Gasteiger partial charge in [0.25, 0.3) is 0 Å². The van der Waals surface area contributed by atoms with Crippen molar-refractivity contribution in [3.8, 4) is 11.8 Å². The highest BCUT2D eigenvalue weighted by molar-refractivity contribution is 5.50. The second kappa shape index (κ2) is 8.39. The molecule has 0 radical (unpaired) electrons. The molecule has 26 heavy (non-hydrogen) atoms. The Morgan fingerprint density at radius 1 is 1.27 bits per heavy atom. The molecule has 2 heterocycles. The predicted octanol–water partition coefficient (Wildman–Crippen LogP) is 2.76. The van der Waals surface area contributed by atoms with Crippen LogP contribution in [-0.2, 0) is 9.47 Å². The lowest BCUT2D eigenvalue weighted by molar-refractivity contribution is -0.108. The number of aromatic nitrogens is 1. The van der Waals surface area contributed by atoms with E-state index in [1.54, 1.807) is 0 Å². The number of anilines is 1. The first-order chi connectivity index (χ1) is 12.4. The summed E-state index contributed by atoms with van der Waals surface area (Å²) in [6.45, 7) is 8.51. The van der Waals surface area contributed by atoms with Gasteiger partial charge in [0.05, 0.1) is 18.3 Å². The van der Waals surface area contributed by atoms with Gasteiger partial charge in [-0.2, -0.15) is 0 Å². The molecule has 0 bridgehead atoms. The summed E-state index contributed by atoms with van der Waals surface area (Å²) < 4.78 is 11.7. The van der Waals surface area contributed by atoms with Gasteiger partial charge in [0.1, 0.15) is 11.3 Å². The zero-order chi connectivity index (χ0) is 18.6. The van der Waals surface area contributed by atoms with Gasteiger partial charge in [-0.25, -0.2) is 4.98 Å². The molecule has 3 rings (SSSR count). The second-order valence-electron chi connectivity index (χ2n) is 7.66. The smallest absolute Gasteiger partial charge is 0.123 e. The molecule has 2 fully saturated rings. The molecule has 1 aliphatic heterocycles. The Hall–Kier alpha value is -1.61. The molecule has 1 saturated heterocycles. The van der Waals surface area contributed by atoms with E-state index in [0.29, 0.717) is 12.7 Å². The fourth-order valence-corrected chi connectivity index (χ4v) is 3.47. The number of piperidine rings is 1. The van der Waals surface area contributed by atoms with Crippen molar-refractivity contribution >= 4 is 5.69 Å². The number of pyridine rings is 1. The zero-order valence-corrected chi connectivity index (χ0v) is 16.1. The molecule has 142 valence electrons. The first-order valence-corrected chi connectivity index (χ1v) is 9.67. The number of aliphatic hydroxyl groups is 1. The van der Waals surface area contributed by atoms with E-state index >= 15 is 0 Å². The normalized spacial score (nSPS) is 23.9. The van der Waals surface area contributed by atoms with Crippen molar-refractivity contribution in [3.63, 3.8) is 0 Å². The summed E-state index contributed by atoms with van der Waals surface area (Å²) in [6, 6.07) is 4.10. The maximum absolute atomic E-state index is 9.38. The second-order valence-corrected chi connectivity index (χ2v) is 7.66. The third-order valence-electron chi connectivity index (χ3n) is 5.00. The molecule has 1 aromatic heterocycles. The van der Waals surface area contributed by atoms with Crippen LogP contribution in [0.3, 0.4) is 0 Å². The summed E-state index contributed by atoms with van der Waals surface area (Å²) in [5, 5.41) is 9.38. The molecule has 1 aliphatic carbocycles. The number of hydrogen-bond donors (Lipinski definition) is 1. The molecule has 0 amide bonds. The van der Waals surface area contributed by atoms with Gasteiger partial charge in [-0.15, -0.1) is 0 Å². The van der Waals surface area contributed by atoms with Crippen LogP contribution in [0.15, 0.2) is 18.3 Å². The van der Waals surface area contributed by atoms with Crippen LogP contribution < -0.4 is 4.90 Å². The van der Waals surface area contributed by atoms with E-state index in [1.807, 2.05) is 33.0 Å². The van der Waals surface area contributed by atoms with Gasteiger partial charge in [-0.05, 0) is 64.5 Å². The number of nitrogens with zero attached hydrogens (tertiary/aromatic N) is 2. The van der Waals surface area contributed by atoms with E-state index in [1.165, 1.54) is 0 Å². The predicted molar refractivity (Wildman–Crippen MR) is 102 cm³/mol. The van der Waals surface area contributed by atoms with Crippen molar-refractivity contribution in [1.29, 1.82) is 0 Å². The molecule has 0 unspecified atom stereocenters. The van der Waals surface area contributed by atoms with Gasteiger partial charge < -0.3 is 19.5 Å². The fourth-order valence-electron chi connectivity index (χ4n) is 3.47. The first-order valence-electron chi connectivity index (χ1n) is 9.67. The van der Waals surface area contributed by atoms with E-state index in [2.05, 4.69) is 27.8 Å². The van der Waals surface area contributed by atoms with Crippen LogP contribution >= 0.6 is 0 Å². The molecule has 5 nitrogen and oxygen atoms in total. The summed E-state index contributed by atoms with van der Waals surface area (Å²) in [6.07, 6.45) is 5.89. The van der Waals surface area contributed by atoms with Gasteiger partial charge in [-0.1, -0.05) is 5.92 Å². The minimum atomic E-state index is -0.461. The van der Waals surface area contributed by atoms with Gasteiger partial charge in [0.15, 0.2) is 0 Å². The quantitative estimate of drug-likeness (QED) is 0.821. The van der Waals surface area contributed by atoms with E-state index in [4.69, 9.17) is 9.47 Å². The summed E-state index contributed by atoms with van der Waals surface area (Å²) >= 11 is 0. The van der Waals surface area contributed by atoms with Gasteiger partial charge in [0.2, 0.25) is 0 Å². The molecule has 1 N–H and O–H groups in total. The first kappa shape index (κ1) is 19.2. The van der Waals surface area contributed by atoms with Crippen LogP contribution in [0, 0.1) is 11.8 Å². The molecule has 5 heteroatoms. The van der Waals surface area contributed by atoms with Crippen LogP contribution in [-0.4, -0.2) is 53.7 Å². The molecule has 1 saturated carbocycles. The van der Waals surface area contributed by atoms with Crippen molar-refractivity contribution in [1.82, 2.24) is 4.98 Å². The SMILES string of the molecule is CCOC(C)(C)C#Cc1cc(N2CCC(OC3CC(O)C3)CC2)ccn1. The average molecular weight is 358 g/mol. The molecule has 0 spiro atoms. The van der Waals surface area contributed by atoms with Crippen molar-refractivity contribution in [2.24, 2.45) is 0 Å². The lowest BCUT2D eigenvalue weighted by Crippen LogP contribution is -2.42. The third-order valence-corrected chi connectivity index (χ3v) is 5.00. The van der Waals surface area contributed by atoms with Crippen molar-refractivity contribution < 1.29 is 14.6 Å². The maximum Gasteiger partial charge on any atom is 0.123 e. The largest absolute Gasteiger partial charge is 0.393 e. The monoisotopic (exact) mass is 358 g/mol. The lowest BCUT2D eigenvalue weighted by Gasteiger charge is -2.38. The minimum Gasteiger partial charge on any atom is -0.393 e. The van der Waals surface area contributed by atoms with Crippen LogP contribution in [0.4, 0.5) is 5.69 Å². The van der Waals surface area contributed by atoms with E-state index in [0.717, 1.165) is 50.2 Å².